The fraction of sp³-hybridized carbons (Fsp3) is 0.500. The number of piperazine rings is 1. The number of carbonyl (C=O) groups excluding carboxylic acids is 1. The number of likely N-dealkylation sites (N-methyl/N-ethyl adjacent to an activating group) is 1. The van der Waals surface area contributed by atoms with Crippen LogP contribution in [0.25, 0.3) is 0 Å². The summed E-state index contributed by atoms with van der Waals surface area (Å²) in [6.07, 6.45) is 0.204. The van der Waals surface area contributed by atoms with Gasteiger partial charge in [0.2, 0.25) is 15.9 Å². The predicted molar refractivity (Wildman–Crippen MR) is 85.0 cm³/mol. The number of benzene rings is 1. The number of nitrogens with zero attached hydrogens (tertiary/aromatic N) is 2. The van der Waals surface area contributed by atoms with Crippen LogP contribution < -0.4 is 11.1 Å². The molecule has 122 valence electrons. The summed E-state index contributed by atoms with van der Waals surface area (Å²) < 4.78 is 26.7. The number of nitrogens with one attached hydrogen (secondary N) is 1. The monoisotopic (exact) mass is 326 g/mol. The average Bonchev–Trinajstić information content (AvgIpc) is 2.48. The Balaban J connectivity index is 2.15. The Morgan fingerprint density at radius 3 is 2.59 bits per heavy atom. The number of amides is 1. The molecule has 0 saturated carbocycles. The Bertz CT molecular complexity index is 625. The van der Waals surface area contributed by atoms with Crippen LogP contribution in [0, 0.1) is 0 Å². The smallest absolute Gasteiger partial charge is 0.243 e. The molecule has 0 unspecified atom stereocenters. The zero-order valence-corrected chi connectivity index (χ0v) is 13.5. The van der Waals surface area contributed by atoms with Gasteiger partial charge in [0.15, 0.2) is 0 Å². The van der Waals surface area contributed by atoms with Crippen LogP contribution in [0.5, 0.6) is 0 Å². The van der Waals surface area contributed by atoms with Gasteiger partial charge in [-0.1, -0.05) is 6.07 Å². The van der Waals surface area contributed by atoms with Crippen LogP contribution in [-0.2, 0) is 14.8 Å². The molecule has 8 heteroatoms. The predicted octanol–water partition coefficient (Wildman–Crippen LogP) is -0.0900. The standard InChI is InChI=1S/C14H22N4O3S/c1-17-7-9-18(10-8-17)22(20,21)13-4-2-3-12(11-13)16-14(19)5-6-15/h2-4,11H,5-10,15H2,1H3,(H,16,19). The molecule has 3 N–H and O–H groups in total. The molecule has 1 saturated heterocycles. The molecule has 0 bridgehead atoms. The number of carbonyl (C=O) groups is 1. The van der Waals surface area contributed by atoms with Crippen molar-refractivity contribution in [2.24, 2.45) is 5.73 Å². The molecule has 1 aliphatic heterocycles. The summed E-state index contributed by atoms with van der Waals surface area (Å²) in [6, 6.07) is 6.33. The third-order valence-corrected chi connectivity index (χ3v) is 5.48. The summed E-state index contributed by atoms with van der Waals surface area (Å²) in [4.78, 5) is 13.8. The zero-order chi connectivity index (χ0) is 16.2. The van der Waals surface area contributed by atoms with Crippen LogP contribution in [0.15, 0.2) is 29.2 Å². The maximum absolute atomic E-state index is 12.6. The van der Waals surface area contributed by atoms with Crippen molar-refractivity contribution in [3.63, 3.8) is 0 Å². The van der Waals surface area contributed by atoms with Gasteiger partial charge in [-0.25, -0.2) is 8.42 Å². The summed E-state index contributed by atoms with van der Waals surface area (Å²) >= 11 is 0. The van der Waals surface area contributed by atoms with Gasteiger partial charge in [0.1, 0.15) is 0 Å². The van der Waals surface area contributed by atoms with E-state index < -0.39 is 10.0 Å². The average molecular weight is 326 g/mol. The summed E-state index contributed by atoms with van der Waals surface area (Å²) in [5.74, 6) is -0.225. The van der Waals surface area contributed by atoms with Crippen molar-refractivity contribution in [2.45, 2.75) is 11.3 Å². The van der Waals surface area contributed by atoms with Crippen LogP contribution in [0.1, 0.15) is 6.42 Å². The van der Waals surface area contributed by atoms with E-state index in [9.17, 15) is 13.2 Å². The van der Waals surface area contributed by atoms with Crippen molar-refractivity contribution in [1.29, 1.82) is 0 Å². The first-order chi connectivity index (χ1) is 10.4. The zero-order valence-electron chi connectivity index (χ0n) is 12.7. The number of hydrogen-bond donors (Lipinski definition) is 2. The number of sulfonamides is 1. The Hall–Kier alpha value is -1.48. The Morgan fingerprint density at radius 2 is 1.95 bits per heavy atom. The second-order valence-corrected chi connectivity index (χ2v) is 7.26. The SMILES string of the molecule is CN1CCN(S(=O)(=O)c2cccc(NC(=O)CCN)c2)CC1. The maximum atomic E-state index is 12.6. The highest BCUT2D eigenvalue weighted by Gasteiger charge is 2.27. The van der Waals surface area contributed by atoms with Gasteiger partial charge in [0.05, 0.1) is 4.90 Å². The minimum Gasteiger partial charge on any atom is -0.330 e. The van der Waals surface area contributed by atoms with E-state index >= 15 is 0 Å². The van der Waals surface area contributed by atoms with Gasteiger partial charge in [0.25, 0.3) is 0 Å². The quantitative estimate of drug-likeness (QED) is 0.788. The molecule has 22 heavy (non-hydrogen) atoms. The molecule has 1 aromatic rings. The van der Waals surface area contributed by atoms with E-state index in [-0.39, 0.29) is 23.8 Å². The van der Waals surface area contributed by atoms with Gasteiger partial charge in [-0.15, -0.1) is 0 Å². The third kappa shape index (κ3) is 4.04. The van der Waals surface area contributed by atoms with E-state index in [4.69, 9.17) is 5.73 Å². The van der Waals surface area contributed by atoms with Crippen molar-refractivity contribution < 1.29 is 13.2 Å². The third-order valence-electron chi connectivity index (χ3n) is 3.59. The van der Waals surface area contributed by atoms with E-state index in [1.807, 2.05) is 7.05 Å². The van der Waals surface area contributed by atoms with E-state index in [1.165, 1.54) is 10.4 Å². The van der Waals surface area contributed by atoms with Crippen molar-refractivity contribution in [1.82, 2.24) is 9.21 Å². The molecule has 1 heterocycles. The first kappa shape index (κ1) is 16.9. The molecule has 1 fully saturated rings. The summed E-state index contributed by atoms with van der Waals surface area (Å²) in [7, 11) is -1.56. The molecule has 7 nitrogen and oxygen atoms in total. The second-order valence-electron chi connectivity index (χ2n) is 5.32. The molecule has 1 amide bonds. The molecular formula is C14H22N4O3S. The molecule has 0 radical (unpaired) electrons. The lowest BCUT2D eigenvalue weighted by molar-refractivity contribution is -0.116. The topological polar surface area (TPSA) is 95.7 Å². The molecule has 0 spiro atoms. The van der Waals surface area contributed by atoms with Crippen molar-refractivity contribution >= 4 is 21.6 Å². The molecular weight excluding hydrogens is 304 g/mol. The number of rotatable bonds is 5. The minimum absolute atomic E-state index is 0.197. The van der Waals surface area contributed by atoms with Gasteiger partial charge < -0.3 is 16.0 Å². The molecule has 0 aliphatic carbocycles. The summed E-state index contributed by atoms with van der Waals surface area (Å²) in [6.45, 7) is 2.63. The highest BCUT2D eigenvalue weighted by atomic mass is 32.2. The van der Waals surface area contributed by atoms with E-state index in [1.54, 1.807) is 18.2 Å². The van der Waals surface area contributed by atoms with E-state index in [2.05, 4.69) is 10.2 Å². The Kier molecular flexibility index (Phi) is 5.52. The van der Waals surface area contributed by atoms with Gasteiger partial charge in [-0.05, 0) is 25.2 Å². The maximum Gasteiger partial charge on any atom is 0.243 e. The number of anilines is 1. The van der Waals surface area contributed by atoms with E-state index in [0.717, 1.165) is 0 Å². The van der Waals surface area contributed by atoms with Crippen molar-refractivity contribution in [3.05, 3.63) is 24.3 Å². The largest absolute Gasteiger partial charge is 0.330 e. The normalized spacial score (nSPS) is 17.4. The fourth-order valence-electron chi connectivity index (χ4n) is 2.27. The molecule has 2 rings (SSSR count). The molecule has 1 aromatic carbocycles. The molecule has 0 atom stereocenters. The van der Waals surface area contributed by atoms with Crippen molar-refractivity contribution in [2.75, 3.05) is 45.1 Å². The Labute approximate surface area is 131 Å². The summed E-state index contributed by atoms with van der Waals surface area (Å²) in [5.41, 5.74) is 5.79. The lowest BCUT2D eigenvalue weighted by Crippen LogP contribution is -2.47. The van der Waals surface area contributed by atoms with Crippen LogP contribution >= 0.6 is 0 Å². The highest BCUT2D eigenvalue weighted by molar-refractivity contribution is 7.89. The number of nitrogens with two attached hydrogens (primary N) is 1. The van der Waals surface area contributed by atoms with Crippen molar-refractivity contribution in [3.8, 4) is 0 Å². The van der Waals surface area contributed by atoms with Gasteiger partial charge in [-0.3, -0.25) is 4.79 Å². The van der Waals surface area contributed by atoms with Gasteiger partial charge in [-0.2, -0.15) is 4.31 Å². The minimum atomic E-state index is -3.53. The van der Waals surface area contributed by atoms with Gasteiger partial charge >= 0.3 is 0 Å². The Morgan fingerprint density at radius 1 is 1.27 bits per heavy atom. The first-order valence-electron chi connectivity index (χ1n) is 7.22. The second kappa shape index (κ2) is 7.19. The number of hydrogen-bond acceptors (Lipinski definition) is 5. The van der Waals surface area contributed by atoms with Crippen LogP contribution in [0.4, 0.5) is 5.69 Å². The van der Waals surface area contributed by atoms with Crippen LogP contribution in [0.3, 0.4) is 0 Å². The fourth-order valence-corrected chi connectivity index (χ4v) is 3.74. The van der Waals surface area contributed by atoms with E-state index in [0.29, 0.717) is 31.9 Å². The molecule has 0 aromatic heterocycles. The lowest BCUT2D eigenvalue weighted by Gasteiger charge is -2.31. The molecule has 1 aliphatic rings. The highest BCUT2D eigenvalue weighted by Crippen LogP contribution is 2.20. The van der Waals surface area contributed by atoms with Gasteiger partial charge in [0, 0.05) is 44.8 Å². The van der Waals surface area contributed by atoms with Crippen LogP contribution in [0.2, 0.25) is 0 Å². The van der Waals surface area contributed by atoms with Crippen LogP contribution in [-0.4, -0.2) is 63.3 Å². The first-order valence-corrected chi connectivity index (χ1v) is 8.66. The summed E-state index contributed by atoms with van der Waals surface area (Å²) in [5, 5.41) is 2.66. The lowest BCUT2D eigenvalue weighted by atomic mass is 10.3.